The van der Waals surface area contributed by atoms with Crippen LogP contribution in [0.1, 0.15) is 17.0 Å². The van der Waals surface area contributed by atoms with Gasteiger partial charge in [0.2, 0.25) is 11.8 Å². The van der Waals surface area contributed by atoms with Crippen LogP contribution in [0.2, 0.25) is 0 Å². The van der Waals surface area contributed by atoms with Crippen molar-refractivity contribution in [2.24, 2.45) is 0 Å². The molecule has 17 heavy (non-hydrogen) atoms. The molecule has 2 rings (SSSR count). The van der Waals surface area contributed by atoms with Crippen molar-refractivity contribution in [1.82, 2.24) is 5.32 Å². The van der Waals surface area contributed by atoms with Crippen molar-refractivity contribution in [3.63, 3.8) is 0 Å². The molecular weight excluding hydrogens is 242 g/mol. The van der Waals surface area contributed by atoms with Crippen LogP contribution in [0.5, 0.6) is 0 Å². The Labute approximate surface area is 104 Å². The molecule has 1 N–H and O–H groups in total. The third kappa shape index (κ3) is 2.33. The second kappa shape index (κ2) is 4.85. The molecule has 1 aliphatic rings. The fraction of sp³-hybridized carbons (Fsp3) is 0.333. The lowest BCUT2D eigenvalue weighted by Gasteiger charge is -2.11. The first kappa shape index (κ1) is 12.1. The molecule has 1 aromatic carbocycles. The molecule has 0 aliphatic carbocycles. The van der Waals surface area contributed by atoms with Crippen molar-refractivity contribution in [1.29, 1.82) is 0 Å². The molecule has 90 valence electrons. The fourth-order valence-electron chi connectivity index (χ4n) is 1.92. The molecule has 0 bridgehead atoms. The lowest BCUT2D eigenvalue weighted by atomic mass is 9.95. The molecule has 0 spiro atoms. The van der Waals surface area contributed by atoms with Gasteiger partial charge in [0.05, 0.1) is 12.5 Å². The van der Waals surface area contributed by atoms with Crippen molar-refractivity contribution >= 4 is 23.4 Å². The topological polar surface area (TPSA) is 55.4 Å². The third-order valence-electron chi connectivity index (χ3n) is 2.69. The Morgan fingerprint density at radius 3 is 2.71 bits per heavy atom. The minimum atomic E-state index is -0.833. The van der Waals surface area contributed by atoms with E-state index in [-0.39, 0.29) is 5.91 Å². The highest BCUT2D eigenvalue weighted by Crippen LogP contribution is 2.29. The molecule has 0 aromatic heterocycles. The molecule has 2 unspecified atom stereocenters. The van der Waals surface area contributed by atoms with E-state index in [9.17, 15) is 9.59 Å². The molecule has 1 saturated heterocycles. The zero-order valence-corrected chi connectivity index (χ0v) is 10.0. The Morgan fingerprint density at radius 1 is 1.35 bits per heavy atom. The molecule has 1 fully saturated rings. The number of benzene rings is 1. The summed E-state index contributed by atoms with van der Waals surface area (Å²) in [5.41, 5.74) is 1.68. The normalized spacial score (nSPS) is 23.9. The molecule has 4 nitrogen and oxygen atoms in total. The van der Waals surface area contributed by atoms with E-state index in [0.717, 1.165) is 11.1 Å². The molecule has 5 heteroatoms. The number of methoxy groups -OCH3 is 1. The predicted molar refractivity (Wildman–Crippen MR) is 62.7 cm³/mol. The van der Waals surface area contributed by atoms with Crippen LogP contribution in [0.4, 0.5) is 0 Å². The van der Waals surface area contributed by atoms with Crippen LogP contribution in [-0.4, -0.2) is 24.3 Å². The van der Waals surface area contributed by atoms with Gasteiger partial charge in [-0.3, -0.25) is 14.9 Å². The van der Waals surface area contributed by atoms with Gasteiger partial charge in [0.15, 0.2) is 0 Å². The molecule has 1 aromatic rings. The second-order valence-electron chi connectivity index (χ2n) is 3.91. The lowest BCUT2D eigenvalue weighted by Crippen LogP contribution is -2.22. The summed E-state index contributed by atoms with van der Waals surface area (Å²) in [4.78, 5) is 22.9. The largest absolute Gasteiger partial charge is 0.380 e. The Kier molecular flexibility index (Phi) is 3.45. The third-order valence-corrected chi connectivity index (χ3v) is 3.14. The zero-order chi connectivity index (χ0) is 12.4. The molecule has 2 amide bonds. The number of nitrogens with one attached hydrogen (secondary N) is 1. The van der Waals surface area contributed by atoms with Crippen LogP contribution in [0.25, 0.3) is 0 Å². The number of hydrogen-bond donors (Lipinski definition) is 1. The number of imide groups is 1. The van der Waals surface area contributed by atoms with Gasteiger partial charge in [-0.1, -0.05) is 24.3 Å². The summed E-state index contributed by atoms with van der Waals surface area (Å²) in [6, 6.07) is 7.34. The number of alkyl halides is 1. The monoisotopic (exact) mass is 253 g/mol. The van der Waals surface area contributed by atoms with Gasteiger partial charge in [0.25, 0.3) is 0 Å². The van der Waals surface area contributed by atoms with Crippen LogP contribution in [0.15, 0.2) is 24.3 Å². The first-order valence-corrected chi connectivity index (χ1v) is 5.63. The summed E-state index contributed by atoms with van der Waals surface area (Å²) in [5.74, 6) is -1.38. The van der Waals surface area contributed by atoms with Crippen molar-refractivity contribution < 1.29 is 14.3 Å². The number of ether oxygens (including phenoxy) is 1. The Balaban J connectivity index is 2.30. The van der Waals surface area contributed by atoms with Crippen LogP contribution in [0, 0.1) is 0 Å². The molecular formula is C12H12ClNO3. The van der Waals surface area contributed by atoms with E-state index in [1.54, 1.807) is 13.2 Å². The minimum Gasteiger partial charge on any atom is -0.380 e. The molecule has 2 atom stereocenters. The number of hydrogen-bond acceptors (Lipinski definition) is 3. The molecule has 1 aliphatic heterocycles. The lowest BCUT2D eigenvalue weighted by molar-refractivity contribution is -0.125. The maximum atomic E-state index is 11.6. The summed E-state index contributed by atoms with van der Waals surface area (Å²) >= 11 is 5.92. The van der Waals surface area contributed by atoms with E-state index in [4.69, 9.17) is 16.3 Å². The maximum absolute atomic E-state index is 11.6. The second-order valence-corrected chi connectivity index (χ2v) is 4.38. The van der Waals surface area contributed by atoms with Gasteiger partial charge < -0.3 is 4.74 Å². The van der Waals surface area contributed by atoms with E-state index in [1.165, 1.54) is 0 Å². The Morgan fingerprint density at radius 2 is 2.12 bits per heavy atom. The number of carbonyl (C=O) groups is 2. The fourth-order valence-corrected chi connectivity index (χ4v) is 2.23. The van der Waals surface area contributed by atoms with Crippen LogP contribution in [-0.2, 0) is 20.9 Å². The summed E-state index contributed by atoms with van der Waals surface area (Å²) in [6.07, 6.45) is 0. The van der Waals surface area contributed by atoms with Crippen molar-refractivity contribution in [3.05, 3.63) is 35.4 Å². The van der Waals surface area contributed by atoms with Gasteiger partial charge in [-0.2, -0.15) is 0 Å². The number of carbonyl (C=O) groups excluding carboxylic acids is 2. The highest BCUT2D eigenvalue weighted by atomic mass is 35.5. The Bertz CT molecular complexity index is 461. The number of rotatable bonds is 3. The van der Waals surface area contributed by atoms with Crippen LogP contribution < -0.4 is 5.32 Å². The SMILES string of the molecule is COCc1cccc(C2C(=O)NC(=O)C2Cl)c1. The smallest absolute Gasteiger partial charge is 0.245 e. The van der Waals surface area contributed by atoms with Gasteiger partial charge in [0.1, 0.15) is 5.38 Å². The Hall–Kier alpha value is -1.39. The van der Waals surface area contributed by atoms with E-state index in [2.05, 4.69) is 5.32 Å². The van der Waals surface area contributed by atoms with E-state index < -0.39 is 17.2 Å². The van der Waals surface area contributed by atoms with Gasteiger partial charge in [-0.15, -0.1) is 11.6 Å². The van der Waals surface area contributed by atoms with Crippen molar-refractivity contribution in [3.8, 4) is 0 Å². The zero-order valence-electron chi connectivity index (χ0n) is 9.27. The van der Waals surface area contributed by atoms with Crippen LogP contribution >= 0.6 is 11.6 Å². The highest BCUT2D eigenvalue weighted by molar-refractivity contribution is 6.37. The van der Waals surface area contributed by atoms with E-state index >= 15 is 0 Å². The predicted octanol–water partition coefficient (Wildman–Crippen LogP) is 1.18. The highest BCUT2D eigenvalue weighted by Gasteiger charge is 2.41. The van der Waals surface area contributed by atoms with E-state index in [0.29, 0.717) is 6.61 Å². The summed E-state index contributed by atoms with van der Waals surface area (Å²) < 4.78 is 5.02. The van der Waals surface area contributed by atoms with Crippen LogP contribution in [0.3, 0.4) is 0 Å². The summed E-state index contributed by atoms with van der Waals surface area (Å²) in [5, 5.41) is 1.39. The van der Waals surface area contributed by atoms with Crippen molar-refractivity contribution in [2.75, 3.05) is 7.11 Å². The van der Waals surface area contributed by atoms with Gasteiger partial charge in [-0.25, -0.2) is 0 Å². The summed E-state index contributed by atoms with van der Waals surface area (Å²) in [6.45, 7) is 0.461. The van der Waals surface area contributed by atoms with E-state index in [1.807, 2.05) is 18.2 Å². The maximum Gasteiger partial charge on any atom is 0.245 e. The number of amides is 2. The van der Waals surface area contributed by atoms with Gasteiger partial charge >= 0.3 is 0 Å². The summed E-state index contributed by atoms with van der Waals surface area (Å²) in [7, 11) is 1.60. The standard InChI is InChI=1S/C12H12ClNO3/c1-17-6-7-3-2-4-8(5-7)9-10(13)12(16)14-11(9)15/h2-5,9-10H,6H2,1H3,(H,14,15,16). The molecule has 0 saturated carbocycles. The molecule has 0 radical (unpaired) electrons. The first-order chi connectivity index (χ1) is 8.13. The van der Waals surface area contributed by atoms with Crippen molar-refractivity contribution in [2.45, 2.75) is 17.9 Å². The first-order valence-electron chi connectivity index (χ1n) is 5.20. The average Bonchev–Trinajstić information content (AvgIpc) is 2.54. The number of halogens is 1. The minimum absolute atomic E-state index is 0.343. The molecule has 1 heterocycles. The average molecular weight is 254 g/mol. The van der Waals surface area contributed by atoms with Gasteiger partial charge in [0, 0.05) is 7.11 Å². The quantitative estimate of drug-likeness (QED) is 0.650. The van der Waals surface area contributed by atoms with Gasteiger partial charge in [-0.05, 0) is 11.1 Å².